The number of nitrogens with zero attached hydrogens (tertiary/aromatic N) is 2. The van der Waals surface area contributed by atoms with E-state index >= 15 is 0 Å². The van der Waals surface area contributed by atoms with Gasteiger partial charge in [0, 0.05) is 38.3 Å². The summed E-state index contributed by atoms with van der Waals surface area (Å²) in [5.41, 5.74) is 1.20. The molecule has 2 rings (SSSR count). The van der Waals surface area contributed by atoms with Gasteiger partial charge in [0.05, 0.1) is 13.2 Å². The van der Waals surface area contributed by atoms with Crippen LogP contribution in [0.15, 0.2) is 24.3 Å². The SMILES string of the molecule is CCOC(=O)N1CCN(Cc2ccccc2OCC)CC1. The monoisotopic (exact) mass is 292 g/mol. The minimum atomic E-state index is -0.202. The van der Waals surface area contributed by atoms with E-state index in [2.05, 4.69) is 11.0 Å². The second kappa shape index (κ2) is 7.88. The largest absolute Gasteiger partial charge is 0.494 e. The maximum Gasteiger partial charge on any atom is 0.409 e. The maximum atomic E-state index is 11.7. The molecule has 0 atom stereocenters. The summed E-state index contributed by atoms with van der Waals surface area (Å²) in [5.74, 6) is 0.952. The van der Waals surface area contributed by atoms with Crippen molar-refractivity contribution in [1.29, 1.82) is 0 Å². The average molecular weight is 292 g/mol. The lowest BCUT2D eigenvalue weighted by Gasteiger charge is -2.34. The van der Waals surface area contributed by atoms with Gasteiger partial charge in [0.2, 0.25) is 0 Å². The normalized spacial score (nSPS) is 15.8. The van der Waals surface area contributed by atoms with Crippen molar-refractivity contribution in [3.8, 4) is 5.75 Å². The van der Waals surface area contributed by atoms with Crippen LogP contribution in [0.4, 0.5) is 4.79 Å². The molecule has 1 saturated heterocycles. The average Bonchev–Trinajstić information content (AvgIpc) is 2.50. The molecule has 0 bridgehead atoms. The molecule has 0 aliphatic carbocycles. The molecule has 21 heavy (non-hydrogen) atoms. The first-order valence-corrected chi connectivity index (χ1v) is 7.59. The van der Waals surface area contributed by atoms with E-state index in [1.807, 2.05) is 32.0 Å². The first-order chi connectivity index (χ1) is 10.2. The van der Waals surface area contributed by atoms with Gasteiger partial charge in [-0.2, -0.15) is 0 Å². The summed E-state index contributed by atoms with van der Waals surface area (Å²) in [7, 11) is 0. The van der Waals surface area contributed by atoms with Crippen LogP contribution < -0.4 is 4.74 Å². The lowest BCUT2D eigenvalue weighted by Crippen LogP contribution is -2.48. The Bertz CT molecular complexity index is 457. The zero-order valence-corrected chi connectivity index (χ0v) is 12.9. The number of hydrogen-bond acceptors (Lipinski definition) is 4. The lowest BCUT2D eigenvalue weighted by atomic mass is 10.1. The van der Waals surface area contributed by atoms with E-state index in [1.165, 1.54) is 5.56 Å². The van der Waals surface area contributed by atoms with E-state index in [4.69, 9.17) is 9.47 Å². The molecule has 1 aromatic carbocycles. The van der Waals surface area contributed by atoms with E-state index in [0.717, 1.165) is 38.5 Å². The lowest BCUT2D eigenvalue weighted by molar-refractivity contribution is 0.0775. The summed E-state index contributed by atoms with van der Waals surface area (Å²) >= 11 is 0. The topological polar surface area (TPSA) is 42.0 Å². The molecule has 5 nitrogen and oxygen atoms in total. The molecule has 0 aromatic heterocycles. The van der Waals surface area contributed by atoms with Gasteiger partial charge < -0.3 is 14.4 Å². The third kappa shape index (κ3) is 4.36. The highest BCUT2D eigenvalue weighted by Gasteiger charge is 2.22. The predicted molar refractivity (Wildman–Crippen MR) is 81.5 cm³/mol. The molecule has 0 unspecified atom stereocenters. The van der Waals surface area contributed by atoms with Crippen molar-refractivity contribution in [1.82, 2.24) is 9.80 Å². The maximum absolute atomic E-state index is 11.7. The van der Waals surface area contributed by atoms with Crippen molar-refractivity contribution in [2.24, 2.45) is 0 Å². The summed E-state index contributed by atoms with van der Waals surface area (Å²) in [6, 6.07) is 8.14. The molecule has 1 amide bonds. The molecular formula is C16H24N2O3. The van der Waals surface area contributed by atoms with Gasteiger partial charge in [-0.25, -0.2) is 4.79 Å². The third-order valence-corrected chi connectivity index (χ3v) is 3.56. The van der Waals surface area contributed by atoms with Crippen LogP contribution in [0.5, 0.6) is 5.75 Å². The minimum absolute atomic E-state index is 0.202. The minimum Gasteiger partial charge on any atom is -0.494 e. The Labute approximate surface area is 126 Å². The number of piperazine rings is 1. The quantitative estimate of drug-likeness (QED) is 0.835. The highest BCUT2D eigenvalue weighted by molar-refractivity contribution is 5.67. The number of benzene rings is 1. The van der Waals surface area contributed by atoms with Crippen LogP contribution in [0.1, 0.15) is 19.4 Å². The van der Waals surface area contributed by atoms with Crippen LogP contribution in [0.2, 0.25) is 0 Å². The van der Waals surface area contributed by atoms with Gasteiger partial charge in [-0.15, -0.1) is 0 Å². The molecule has 1 fully saturated rings. The van der Waals surface area contributed by atoms with Crippen molar-refractivity contribution < 1.29 is 14.3 Å². The van der Waals surface area contributed by atoms with Crippen LogP contribution in [0, 0.1) is 0 Å². The fraction of sp³-hybridized carbons (Fsp3) is 0.562. The fourth-order valence-corrected chi connectivity index (χ4v) is 2.47. The van der Waals surface area contributed by atoms with Gasteiger partial charge in [0.1, 0.15) is 5.75 Å². The van der Waals surface area contributed by atoms with E-state index in [0.29, 0.717) is 13.2 Å². The number of carbonyl (C=O) groups is 1. The van der Waals surface area contributed by atoms with Gasteiger partial charge in [0.15, 0.2) is 0 Å². The second-order valence-corrected chi connectivity index (χ2v) is 5.00. The summed E-state index contributed by atoms with van der Waals surface area (Å²) in [6.07, 6.45) is -0.202. The van der Waals surface area contributed by atoms with Crippen LogP contribution in [-0.2, 0) is 11.3 Å². The van der Waals surface area contributed by atoms with Crippen molar-refractivity contribution in [2.75, 3.05) is 39.4 Å². The standard InChI is InChI=1S/C16H24N2O3/c1-3-20-15-8-6-5-7-14(15)13-17-9-11-18(12-10-17)16(19)21-4-2/h5-8H,3-4,9-13H2,1-2H3. The van der Waals surface area contributed by atoms with E-state index in [1.54, 1.807) is 4.90 Å². The molecule has 1 aliphatic rings. The number of hydrogen-bond donors (Lipinski definition) is 0. The van der Waals surface area contributed by atoms with Gasteiger partial charge in [-0.1, -0.05) is 18.2 Å². The highest BCUT2D eigenvalue weighted by atomic mass is 16.6. The number of para-hydroxylation sites is 1. The van der Waals surface area contributed by atoms with Gasteiger partial charge >= 0.3 is 6.09 Å². The summed E-state index contributed by atoms with van der Waals surface area (Å²) in [4.78, 5) is 15.8. The number of carbonyl (C=O) groups excluding carboxylic acids is 1. The Balaban J connectivity index is 1.87. The predicted octanol–water partition coefficient (Wildman–Crippen LogP) is 2.36. The molecule has 1 heterocycles. The van der Waals surface area contributed by atoms with Crippen LogP contribution in [-0.4, -0.2) is 55.3 Å². The Morgan fingerprint density at radius 1 is 1.10 bits per heavy atom. The Hall–Kier alpha value is -1.75. The van der Waals surface area contributed by atoms with Crippen molar-refractivity contribution in [2.45, 2.75) is 20.4 Å². The highest BCUT2D eigenvalue weighted by Crippen LogP contribution is 2.20. The summed E-state index contributed by atoms with van der Waals surface area (Å²) < 4.78 is 10.7. The summed E-state index contributed by atoms with van der Waals surface area (Å²) in [5, 5.41) is 0. The Kier molecular flexibility index (Phi) is 5.87. The summed E-state index contributed by atoms with van der Waals surface area (Å²) in [6.45, 7) is 8.94. The van der Waals surface area contributed by atoms with E-state index in [-0.39, 0.29) is 6.09 Å². The van der Waals surface area contributed by atoms with E-state index < -0.39 is 0 Å². The molecule has 1 aromatic rings. The smallest absolute Gasteiger partial charge is 0.409 e. The van der Waals surface area contributed by atoms with Gasteiger partial charge in [0.25, 0.3) is 0 Å². The zero-order valence-electron chi connectivity index (χ0n) is 12.9. The second-order valence-electron chi connectivity index (χ2n) is 5.00. The molecule has 0 N–H and O–H groups in total. The van der Waals surface area contributed by atoms with Crippen molar-refractivity contribution in [3.63, 3.8) is 0 Å². The van der Waals surface area contributed by atoms with Crippen molar-refractivity contribution in [3.05, 3.63) is 29.8 Å². The molecule has 0 radical (unpaired) electrons. The molecule has 1 aliphatic heterocycles. The third-order valence-electron chi connectivity index (χ3n) is 3.56. The Morgan fingerprint density at radius 2 is 1.81 bits per heavy atom. The Morgan fingerprint density at radius 3 is 2.48 bits per heavy atom. The van der Waals surface area contributed by atoms with Crippen LogP contribution >= 0.6 is 0 Å². The number of ether oxygens (including phenoxy) is 2. The molecular weight excluding hydrogens is 268 g/mol. The fourth-order valence-electron chi connectivity index (χ4n) is 2.47. The molecule has 0 saturated carbocycles. The van der Waals surface area contributed by atoms with Crippen LogP contribution in [0.25, 0.3) is 0 Å². The van der Waals surface area contributed by atoms with E-state index in [9.17, 15) is 4.79 Å². The van der Waals surface area contributed by atoms with Crippen molar-refractivity contribution >= 4 is 6.09 Å². The molecule has 0 spiro atoms. The number of rotatable bonds is 5. The zero-order chi connectivity index (χ0) is 15.1. The molecule has 116 valence electrons. The van der Waals surface area contributed by atoms with Crippen LogP contribution in [0.3, 0.4) is 0 Å². The first-order valence-electron chi connectivity index (χ1n) is 7.59. The first kappa shape index (κ1) is 15.6. The number of amides is 1. The molecule has 5 heteroatoms. The van der Waals surface area contributed by atoms with Gasteiger partial charge in [-0.3, -0.25) is 4.90 Å². The van der Waals surface area contributed by atoms with Gasteiger partial charge in [-0.05, 0) is 19.9 Å².